The summed E-state index contributed by atoms with van der Waals surface area (Å²) >= 11 is 0. The van der Waals surface area contributed by atoms with Crippen LogP contribution in [-0.4, -0.2) is 36.1 Å². The van der Waals surface area contributed by atoms with Crippen molar-refractivity contribution in [3.63, 3.8) is 0 Å². The van der Waals surface area contributed by atoms with Crippen molar-refractivity contribution >= 4 is 21.7 Å². The molecule has 5 heteroatoms. The van der Waals surface area contributed by atoms with E-state index in [0.717, 1.165) is 44.1 Å². The fourth-order valence-corrected chi connectivity index (χ4v) is 4.75. The number of aromatic amines is 1. The number of aromatic nitrogens is 2. The molecule has 1 aromatic heterocycles. The minimum absolute atomic E-state index is 0.0398. The maximum atomic E-state index is 12.4. The van der Waals surface area contributed by atoms with Crippen molar-refractivity contribution in [2.45, 2.75) is 19.5 Å². The number of nitrogens with one attached hydrogen (secondary N) is 3. The van der Waals surface area contributed by atoms with Crippen LogP contribution in [0.4, 0.5) is 0 Å². The van der Waals surface area contributed by atoms with E-state index < -0.39 is 0 Å². The highest BCUT2D eigenvalue weighted by Gasteiger charge is 2.29. The molecular formula is C25H28N4O+2. The third-order valence-electron chi connectivity index (χ3n) is 6.57. The zero-order valence-corrected chi connectivity index (χ0v) is 17.3. The lowest BCUT2D eigenvalue weighted by Gasteiger charge is -2.33. The molecule has 1 saturated heterocycles. The summed E-state index contributed by atoms with van der Waals surface area (Å²) in [6.45, 7) is 7.66. The zero-order chi connectivity index (χ0) is 20.5. The summed E-state index contributed by atoms with van der Waals surface area (Å²) in [5, 5.41) is 3.35. The van der Waals surface area contributed by atoms with Crippen molar-refractivity contribution in [1.82, 2.24) is 9.97 Å². The predicted octanol–water partition coefficient (Wildman–Crippen LogP) is 1.12. The molecule has 0 spiro atoms. The monoisotopic (exact) mass is 400 g/mol. The second kappa shape index (κ2) is 8.01. The molecule has 5 rings (SSSR count). The van der Waals surface area contributed by atoms with Crippen LogP contribution >= 0.6 is 0 Å². The van der Waals surface area contributed by atoms with Gasteiger partial charge in [-0.15, -0.1) is 0 Å². The quantitative estimate of drug-likeness (QED) is 0.481. The molecule has 0 aliphatic carbocycles. The van der Waals surface area contributed by atoms with E-state index in [0.29, 0.717) is 5.39 Å². The highest BCUT2D eigenvalue weighted by atomic mass is 16.1. The molecule has 1 aliphatic rings. The molecule has 1 aliphatic heterocycles. The maximum absolute atomic E-state index is 12.4. The number of fused-ring (bicyclic) bond motifs is 2. The molecule has 0 radical (unpaired) electrons. The lowest BCUT2D eigenvalue weighted by Crippen LogP contribution is -3.27. The van der Waals surface area contributed by atoms with Gasteiger partial charge in [-0.3, -0.25) is 4.79 Å². The molecule has 1 atom stereocenters. The number of piperazine rings is 1. The molecule has 2 heterocycles. The Labute approximate surface area is 176 Å². The van der Waals surface area contributed by atoms with Crippen LogP contribution in [0.15, 0.2) is 71.5 Å². The van der Waals surface area contributed by atoms with Crippen LogP contribution in [0.2, 0.25) is 0 Å². The number of hydrogen-bond donors (Lipinski definition) is 3. The molecule has 3 N–H and O–H groups in total. The standard InChI is InChI=1S/C25H26N4O/c1-18(24-26-23-12-5-4-11-22(23)25(30)27-24)29-15-13-28(14-16-29)17-20-9-6-8-19-7-2-3-10-21(19)20/h2-12,18H,13-17H2,1H3,(H,26,27,30)/p+2/t18-/m0/s1. The predicted molar refractivity (Wildman–Crippen MR) is 120 cm³/mol. The molecule has 0 bridgehead atoms. The number of hydrogen-bond acceptors (Lipinski definition) is 2. The first-order chi connectivity index (χ1) is 14.7. The summed E-state index contributed by atoms with van der Waals surface area (Å²) in [5.41, 5.74) is 2.17. The van der Waals surface area contributed by atoms with E-state index >= 15 is 0 Å². The Balaban J connectivity index is 1.28. The van der Waals surface area contributed by atoms with Gasteiger partial charge in [0.1, 0.15) is 38.8 Å². The number of rotatable bonds is 4. The van der Waals surface area contributed by atoms with E-state index in [1.807, 2.05) is 24.3 Å². The Morgan fingerprint density at radius 1 is 0.900 bits per heavy atom. The lowest BCUT2D eigenvalue weighted by molar-refractivity contribution is -1.03. The normalized spacial score (nSPS) is 20.4. The first-order valence-electron chi connectivity index (χ1n) is 10.8. The maximum Gasteiger partial charge on any atom is 0.258 e. The van der Waals surface area contributed by atoms with Crippen molar-refractivity contribution in [2.24, 2.45) is 0 Å². The molecule has 30 heavy (non-hydrogen) atoms. The Morgan fingerprint density at radius 2 is 1.60 bits per heavy atom. The lowest BCUT2D eigenvalue weighted by atomic mass is 10.0. The molecule has 3 aromatic carbocycles. The molecule has 0 unspecified atom stereocenters. The Bertz CT molecular complexity index is 1240. The minimum Gasteiger partial charge on any atom is -0.322 e. The number of nitrogens with zero attached hydrogens (tertiary/aromatic N) is 1. The van der Waals surface area contributed by atoms with Gasteiger partial charge in [0.15, 0.2) is 5.82 Å². The summed E-state index contributed by atoms with van der Waals surface area (Å²) in [6.07, 6.45) is 0. The Morgan fingerprint density at radius 3 is 2.43 bits per heavy atom. The highest BCUT2D eigenvalue weighted by Crippen LogP contribution is 2.17. The van der Waals surface area contributed by atoms with Gasteiger partial charge < -0.3 is 14.8 Å². The van der Waals surface area contributed by atoms with Gasteiger partial charge in [-0.2, -0.15) is 0 Å². The largest absolute Gasteiger partial charge is 0.322 e. The highest BCUT2D eigenvalue weighted by molar-refractivity contribution is 5.85. The van der Waals surface area contributed by atoms with Crippen molar-refractivity contribution in [3.8, 4) is 0 Å². The molecule has 152 valence electrons. The van der Waals surface area contributed by atoms with Gasteiger partial charge in [0, 0.05) is 5.56 Å². The molecule has 4 aromatic rings. The van der Waals surface area contributed by atoms with Gasteiger partial charge in [-0.25, -0.2) is 4.98 Å². The van der Waals surface area contributed by atoms with E-state index in [1.165, 1.54) is 21.2 Å². The topological polar surface area (TPSA) is 54.6 Å². The second-order valence-corrected chi connectivity index (χ2v) is 8.41. The van der Waals surface area contributed by atoms with E-state index in [4.69, 9.17) is 4.98 Å². The molecule has 0 saturated carbocycles. The third-order valence-corrected chi connectivity index (χ3v) is 6.57. The van der Waals surface area contributed by atoms with Gasteiger partial charge in [-0.1, -0.05) is 54.6 Å². The smallest absolute Gasteiger partial charge is 0.258 e. The first-order valence-corrected chi connectivity index (χ1v) is 10.8. The van der Waals surface area contributed by atoms with Crippen LogP contribution in [0.25, 0.3) is 21.7 Å². The SMILES string of the molecule is C[C@@H](c1nc2ccccc2c(=O)[nH]1)[NH+]1CC[NH+](Cc2cccc3ccccc23)CC1. The summed E-state index contributed by atoms with van der Waals surface area (Å²) in [5.74, 6) is 0.797. The van der Waals surface area contributed by atoms with Gasteiger partial charge in [-0.05, 0) is 29.8 Å². The summed E-state index contributed by atoms with van der Waals surface area (Å²) in [4.78, 5) is 23.3. The second-order valence-electron chi connectivity index (χ2n) is 8.41. The van der Waals surface area contributed by atoms with Crippen LogP contribution in [0.5, 0.6) is 0 Å². The fraction of sp³-hybridized carbons (Fsp3) is 0.280. The van der Waals surface area contributed by atoms with Crippen LogP contribution < -0.4 is 15.4 Å². The first kappa shape index (κ1) is 19.0. The van der Waals surface area contributed by atoms with Crippen LogP contribution in [0, 0.1) is 0 Å². The number of H-pyrrole nitrogens is 1. The van der Waals surface area contributed by atoms with Crippen LogP contribution in [0.1, 0.15) is 24.4 Å². The Kier molecular flexibility index (Phi) is 5.07. The molecule has 1 fully saturated rings. The van der Waals surface area contributed by atoms with Crippen LogP contribution in [-0.2, 0) is 6.54 Å². The average Bonchev–Trinajstić information content (AvgIpc) is 2.79. The molecular weight excluding hydrogens is 372 g/mol. The summed E-state index contributed by atoms with van der Waals surface area (Å²) in [6, 6.07) is 23.0. The van der Waals surface area contributed by atoms with E-state index in [2.05, 4.69) is 54.4 Å². The van der Waals surface area contributed by atoms with Gasteiger partial charge in [0.25, 0.3) is 5.56 Å². The van der Waals surface area contributed by atoms with Gasteiger partial charge >= 0.3 is 0 Å². The van der Waals surface area contributed by atoms with Gasteiger partial charge in [0.2, 0.25) is 0 Å². The zero-order valence-electron chi connectivity index (χ0n) is 17.3. The number of para-hydroxylation sites is 1. The van der Waals surface area contributed by atoms with E-state index in [1.54, 1.807) is 4.90 Å². The summed E-state index contributed by atoms with van der Waals surface area (Å²) in [7, 11) is 0. The minimum atomic E-state index is -0.0398. The molecule has 5 nitrogen and oxygen atoms in total. The number of quaternary nitrogens is 2. The third kappa shape index (κ3) is 3.62. The van der Waals surface area contributed by atoms with E-state index in [9.17, 15) is 4.79 Å². The number of benzene rings is 3. The van der Waals surface area contributed by atoms with E-state index in [-0.39, 0.29) is 11.6 Å². The average molecular weight is 401 g/mol. The van der Waals surface area contributed by atoms with Gasteiger partial charge in [0.05, 0.1) is 10.9 Å². The summed E-state index contributed by atoms with van der Waals surface area (Å²) < 4.78 is 0. The molecule has 0 amide bonds. The fourth-order valence-electron chi connectivity index (χ4n) is 4.75. The van der Waals surface area contributed by atoms with Crippen molar-refractivity contribution in [3.05, 3.63) is 88.5 Å². The van der Waals surface area contributed by atoms with Crippen LogP contribution in [0.3, 0.4) is 0 Å². The van der Waals surface area contributed by atoms with Crippen molar-refractivity contribution in [1.29, 1.82) is 0 Å². The Hall–Kier alpha value is -3.02. The van der Waals surface area contributed by atoms with Crippen molar-refractivity contribution < 1.29 is 9.80 Å². The van der Waals surface area contributed by atoms with Crippen molar-refractivity contribution in [2.75, 3.05) is 26.2 Å².